The van der Waals surface area contributed by atoms with E-state index >= 15 is 0 Å². The summed E-state index contributed by atoms with van der Waals surface area (Å²) in [6, 6.07) is 0.0569. The molecule has 0 aliphatic heterocycles. The van der Waals surface area contributed by atoms with Gasteiger partial charge in [-0.2, -0.15) is 0 Å². The summed E-state index contributed by atoms with van der Waals surface area (Å²) in [5.41, 5.74) is 2.87. The summed E-state index contributed by atoms with van der Waals surface area (Å²) in [6.45, 7) is 2.73. The Labute approximate surface area is 79.4 Å². The Morgan fingerprint density at radius 3 is 2.62 bits per heavy atom. The van der Waals surface area contributed by atoms with Crippen LogP contribution >= 0.6 is 0 Å². The lowest BCUT2D eigenvalue weighted by molar-refractivity contribution is -0.121. The maximum Gasteiger partial charge on any atom is 0.235 e. The number of hydrogen-bond donors (Lipinski definition) is 2. The number of methoxy groups -OCH3 is 1. The highest BCUT2D eigenvalue weighted by molar-refractivity contribution is 5.78. The van der Waals surface area contributed by atoms with E-state index in [-0.39, 0.29) is 11.9 Å². The van der Waals surface area contributed by atoms with E-state index in [1.807, 2.05) is 21.0 Å². The van der Waals surface area contributed by atoms with Crippen LogP contribution < -0.4 is 10.7 Å². The van der Waals surface area contributed by atoms with Crippen molar-refractivity contribution >= 4 is 5.91 Å². The summed E-state index contributed by atoms with van der Waals surface area (Å²) in [5, 5.41) is 4.52. The Balaban J connectivity index is 3.50. The standard InChI is InChI=1S/C8H19N3O2/c1-7(6-13-4)10-8(12)5-9-11(2)3/h7,9H,5-6H2,1-4H3,(H,10,12). The number of amides is 1. The molecule has 5 heteroatoms. The molecule has 0 heterocycles. The quantitative estimate of drug-likeness (QED) is 0.537. The van der Waals surface area contributed by atoms with Crippen molar-refractivity contribution < 1.29 is 9.53 Å². The number of nitrogens with zero attached hydrogens (tertiary/aromatic N) is 1. The molecular formula is C8H19N3O2. The molecule has 0 aromatic carbocycles. The second-order valence-corrected chi connectivity index (χ2v) is 3.15. The Kier molecular flexibility index (Phi) is 6.48. The fourth-order valence-electron chi connectivity index (χ4n) is 0.847. The Morgan fingerprint density at radius 2 is 2.15 bits per heavy atom. The van der Waals surface area contributed by atoms with Gasteiger partial charge in [-0.15, -0.1) is 0 Å². The van der Waals surface area contributed by atoms with Crippen molar-refractivity contribution in [2.24, 2.45) is 0 Å². The minimum absolute atomic E-state index is 0.0294. The number of carbonyl (C=O) groups is 1. The van der Waals surface area contributed by atoms with Crippen LogP contribution in [0.5, 0.6) is 0 Å². The van der Waals surface area contributed by atoms with Crippen LogP contribution in [0.25, 0.3) is 0 Å². The van der Waals surface area contributed by atoms with Gasteiger partial charge in [0.1, 0.15) is 0 Å². The molecule has 78 valence electrons. The minimum atomic E-state index is -0.0294. The number of hydrogen-bond acceptors (Lipinski definition) is 4. The van der Waals surface area contributed by atoms with Gasteiger partial charge in [0, 0.05) is 27.2 Å². The van der Waals surface area contributed by atoms with Gasteiger partial charge in [0.2, 0.25) is 5.91 Å². The molecule has 0 aromatic rings. The summed E-state index contributed by atoms with van der Waals surface area (Å²) in [6.07, 6.45) is 0. The molecule has 0 spiro atoms. The second kappa shape index (κ2) is 6.82. The molecular weight excluding hydrogens is 170 g/mol. The van der Waals surface area contributed by atoms with Crippen LogP contribution in [0.1, 0.15) is 6.92 Å². The third kappa shape index (κ3) is 7.70. The highest BCUT2D eigenvalue weighted by Crippen LogP contribution is 1.81. The van der Waals surface area contributed by atoms with Gasteiger partial charge in [-0.25, -0.2) is 5.43 Å². The van der Waals surface area contributed by atoms with Crippen LogP contribution in [-0.2, 0) is 9.53 Å². The van der Waals surface area contributed by atoms with Gasteiger partial charge in [-0.05, 0) is 6.92 Å². The zero-order valence-corrected chi connectivity index (χ0v) is 8.76. The number of carbonyl (C=O) groups excluding carboxylic acids is 1. The maximum atomic E-state index is 11.2. The smallest absolute Gasteiger partial charge is 0.235 e. The van der Waals surface area contributed by atoms with Crippen molar-refractivity contribution in [1.82, 2.24) is 15.8 Å². The topological polar surface area (TPSA) is 53.6 Å². The second-order valence-electron chi connectivity index (χ2n) is 3.15. The van der Waals surface area contributed by atoms with Gasteiger partial charge in [-0.3, -0.25) is 9.80 Å². The molecule has 1 amide bonds. The van der Waals surface area contributed by atoms with Crippen LogP contribution in [0.3, 0.4) is 0 Å². The molecule has 2 N–H and O–H groups in total. The highest BCUT2D eigenvalue weighted by Gasteiger charge is 2.05. The van der Waals surface area contributed by atoms with E-state index in [9.17, 15) is 4.79 Å². The zero-order valence-electron chi connectivity index (χ0n) is 8.76. The van der Waals surface area contributed by atoms with Crippen LogP contribution in [0.2, 0.25) is 0 Å². The van der Waals surface area contributed by atoms with E-state index in [2.05, 4.69) is 10.7 Å². The van der Waals surface area contributed by atoms with E-state index in [1.54, 1.807) is 12.1 Å². The summed E-state index contributed by atoms with van der Waals surface area (Å²) in [4.78, 5) is 11.2. The molecule has 0 saturated heterocycles. The van der Waals surface area contributed by atoms with Crippen molar-refractivity contribution in [2.45, 2.75) is 13.0 Å². The predicted molar refractivity (Wildman–Crippen MR) is 51.2 cm³/mol. The van der Waals surface area contributed by atoms with Crippen molar-refractivity contribution in [1.29, 1.82) is 0 Å². The molecule has 0 aliphatic carbocycles. The van der Waals surface area contributed by atoms with E-state index < -0.39 is 0 Å². The predicted octanol–water partition coefficient (Wildman–Crippen LogP) is -0.796. The SMILES string of the molecule is COCC(C)NC(=O)CNN(C)C. The van der Waals surface area contributed by atoms with Gasteiger partial charge < -0.3 is 10.1 Å². The summed E-state index contributed by atoms with van der Waals surface area (Å²) < 4.78 is 4.88. The van der Waals surface area contributed by atoms with Crippen LogP contribution in [-0.4, -0.2) is 51.3 Å². The lowest BCUT2D eigenvalue weighted by atomic mass is 10.3. The Hall–Kier alpha value is -0.650. The first kappa shape index (κ1) is 12.3. The van der Waals surface area contributed by atoms with E-state index in [0.29, 0.717) is 13.2 Å². The van der Waals surface area contributed by atoms with Crippen molar-refractivity contribution in [3.05, 3.63) is 0 Å². The number of ether oxygens (including phenoxy) is 1. The highest BCUT2D eigenvalue weighted by atomic mass is 16.5. The summed E-state index contributed by atoms with van der Waals surface area (Å²) >= 11 is 0. The Morgan fingerprint density at radius 1 is 1.54 bits per heavy atom. The molecule has 1 unspecified atom stereocenters. The first-order valence-electron chi connectivity index (χ1n) is 4.25. The molecule has 0 aliphatic rings. The van der Waals surface area contributed by atoms with Crippen molar-refractivity contribution in [3.8, 4) is 0 Å². The lowest BCUT2D eigenvalue weighted by Gasteiger charge is -2.15. The van der Waals surface area contributed by atoms with Crippen LogP contribution in [0, 0.1) is 0 Å². The first-order valence-corrected chi connectivity index (χ1v) is 4.25. The molecule has 0 saturated carbocycles. The van der Waals surface area contributed by atoms with Gasteiger partial charge in [0.15, 0.2) is 0 Å². The van der Waals surface area contributed by atoms with Crippen molar-refractivity contribution in [2.75, 3.05) is 34.4 Å². The third-order valence-corrected chi connectivity index (χ3v) is 1.38. The third-order valence-electron chi connectivity index (χ3n) is 1.38. The molecule has 0 radical (unpaired) electrons. The number of rotatable bonds is 6. The van der Waals surface area contributed by atoms with Gasteiger partial charge in [0.05, 0.1) is 13.2 Å². The molecule has 13 heavy (non-hydrogen) atoms. The van der Waals surface area contributed by atoms with Crippen molar-refractivity contribution in [3.63, 3.8) is 0 Å². The van der Waals surface area contributed by atoms with Crippen LogP contribution in [0.4, 0.5) is 0 Å². The zero-order chi connectivity index (χ0) is 10.3. The summed E-state index contributed by atoms with van der Waals surface area (Å²) in [7, 11) is 5.29. The number of nitrogens with one attached hydrogen (secondary N) is 2. The average Bonchev–Trinajstić information content (AvgIpc) is 2.01. The monoisotopic (exact) mass is 189 g/mol. The normalized spacial score (nSPS) is 13.0. The molecule has 0 aromatic heterocycles. The van der Waals surface area contributed by atoms with Gasteiger partial charge in [0.25, 0.3) is 0 Å². The fourth-order valence-corrected chi connectivity index (χ4v) is 0.847. The average molecular weight is 189 g/mol. The molecule has 1 atom stereocenters. The maximum absolute atomic E-state index is 11.2. The van der Waals surface area contributed by atoms with Gasteiger partial charge in [-0.1, -0.05) is 0 Å². The molecule has 5 nitrogen and oxygen atoms in total. The van der Waals surface area contributed by atoms with Gasteiger partial charge >= 0.3 is 0 Å². The molecule has 0 fully saturated rings. The Bertz CT molecular complexity index is 150. The number of hydrazine groups is 1. The first-order chi connectivity index (χ1) is 6.06. The summed E-state index contributed by atoms with van der Waals surface area (Å²) in [5.74, 6) is -0.0294. The molecule has 0 rings (SSSR count). The van der Waals surface area contributed by atoms with Crippen LogP contribution in [0.15, 0.2) is 0 Å². The fraction of sp³-hybridized carbons (Fsp3) is 0.875. The van der Waals surface area contributed by atoms with E-state index in [4.69, 9.17) is 4.74 Å². The largest absolute Gasteiger partial charge is 0.383 e. The van der Waals surface area contributed by atoms with E-state index in [1.165, 1.54) is 0 Å². The minimum Gasteiger partial charge on any atom is -0.383 e. The van der Waals surface area contributed by atoms with E-state index in [0.717, 1.165) is 0 Å². The molecule has 0 bridgehead atoms. The lowest BCUT2D eigenvalue weighted by Crippen LogP contribution is -2.44.